The Kier molecular flexibility index (Phi) is 6.11. The van der Waals surface area contributed by atoms with Crippen LogP contribution in [0.25, 0.3) is 0 Å². The number of methoxy groups -OCH3 is 1. The molecular formula is C18H21NO4S. The summed E-state index contributed by atoms with van der Waals surface area (Å²) >= 11 is 1.25. The largest absolute Gasteiger partial charge is 0.497 e. The number of aliphatic hydroxyl groups excluding tert-OH is 1. The van der Waals surface area contributed by atoms with E-state index in [1.54, 1.807) is 37.4 Å². The van der Waals surface area contributed by atoms with Crippen molar-refractivity contribution >= 4 is 23.4 Å². The summed E-state index contributed by atoms with van der Waals surface area (Å²) in [6.45, 7) is 2.03. The Labute approximate surface area is 145 Å². The lowest BCUT2D eigenvalue weighted by Crippen LogP contribution is -2.26. The molecule has 0 saturated heterocycles. The predicted molar refractivity (Wildman–Crippen MR) is 95.5 cm³/mol. The van der Waals surface area contributed by atoms with Gasteiger partial charge in [0, 0.05) is 10.6 Å². The van der Waals surface area contributed by atoms with E-state index in [0.717, 1.165) is 16.9 Å². The van der Waals surface area contributed by atoms with Gasteiger partial charge in [-0.15, -0.1) is 11.8 Å². The van der Waals surface area contributed by atoms with Gasteiger partial charge in [0.2, 0.25) is 0 Å². The third kappa shape index (κ3) is 4.21. The number of thioether (sulfide) groups is 1. The molecule has 0 unspecified atom stereocenters. The predicted octanol–water partition coefficient (Wildman–Crippen LogP) is 3.12. The highest BCUT2D eigenvalue weighted by Crippen LogP contribution is 2.41. The molecule has 2 aromatic rings. The Morgan fingerprint density at radius 2 is 1.92 bits per heavy atom. The molecule has 4 N–H and O–H groups in total. The Hall–Kier alpha value is -2.18. The maximum Gasteiger partial charge on any atom is 0.334 e. The minimum Gasteiger partial charge on any atom is -0.497 e. The van der Waals surface area contributed by atoms with Gasteiger partial charge < -0.3 is 20.7 Å². The third-order valence-corrected chi connectivity index (χ3v) is 5.12. The fourth-order valence-electron chi connectivity index (χ4n) is 2.28. The van der Waals surface area contributed by atoms with Gasteiger partial charge in [0.05, 0.1) is 12.4 Å². The van der Waals surface area contributed by atoms with E-state index in [4.69, 9.17) is 10.5 Å². The quantitative estimate of drug-likeness (QED) is 0.526. The molecule has 0 spiro atoms. The molecule has 0 aliphatic carbocycles. The highest BCUT2D eigenvalue weighted by atomic mass is 32.2. The van der Waals surface area contributed by atoms with E-state index in [1.807, 2.05) is 19.1 Å². The molecule has 0 saturated carbocycles. The van der Waals surface area contributed by atoms with Crippen LogP contribution >= 0.6 is 11.8 Å². The van der Waals surface area contributed by atoms with Crippen molar-refractivity contribution in [1.29, 1.82) is 0 Å². The van der Waals surface area contributed by atoms with Crippen LogP contribution in [0.4, 0.5) is 5.69 Å². The first-order valence-corrected chi connectivity index (χ1v) is 8.44. The van der Waals surface area contributed by atoms with Gasteiger partial charge in [0.15, 0.2) is 6.10 Å². The number of nitrogens with two attached hydrogens (primary N) is 1. The minimum atomic E-state index is -1.55. The number of aliphatic hydroxyl groups is 1. The lowest BCUT2D eigenvalue weighted by Gasteiger charge is -2.21. The van der Waals surface area contributed by atoms with Gasteiger partial charge in [-0.1, -0.05) is 25.1 Å². The van der Waals surface area contributed by atoms with E-state index < -0.39 is 17.3 Å². The Balaban J connectivity index is 2.37. The van der Waals surface area contributed by atoms with E-state index in [2.05, 4.69) is 0 Å². The number of benzene rings is 2. The summed E-state index contributed by atoms with van der Waals surface area (Å²) in [7, 11) is 1.56. The Morgan fingerprint density at radius 3 is 2.46 bits per heavy atom. The smallest absolute Gasteiger partial charge is 0.334 e. The van der Waals surface area contributed by atoms with E-state index in [9.17, 15) is 15.0 Å². The van der Waals surface area contributed by atoms with Crippen LogP contribution in [0.1, 0.15) is 23.3 Å². The van der Waals surface area contributed by atoms with Gasteiger partial charge in [0.1, 0.15) is 5.75 Å². The monoisotopic (exact) mass is 347 g/mol. The average Bonchev–Trinajstić information content (AvgIpc) is 2.60. The van der Waals surface area contributed by atoms with Crippen LogP contribution < -0.4 is 10.5 Å². The second-order valence-electron chi connectivity index (χ2n) is 5.32. The van der Waals surface area contributed by atoms with Gasteiger partial charge in [-0.05, 0) is 41.8 Å². The lowest BCUT2D eigenvalue weighted by atomic mass is 10.1. The first-order valence-electron chi connectivity index (χ1n) is 7.56. The molecule has 24 heavy (non-hydrogen) atoms. The number of carboxylic acids is 1. The lowest BCUT2D eigenvalue weighted by molar-refractivity contribution is -0.146. The first-order chi connectivity index (χ1) is 11.5. The SMILES string of the molecule is CCc1ccc(N)c(S[C@@H](c2ccc(OC)cc2)[C@@H](O)C(=O)O)c1. The van der Waals surface area contributed by atoms with Crippen LogP contribution in [0.2, 0.25) is 0 Å². The zero-order valence-electron chi connectivity index (χ0n) is 13.6. The van der Waals surface area contributed by atoms with Crippen molar-refractivity contribution in [2.45, 2.75) is 29.6 Å². The third-order valence-electron chi connectivity index (χ3n) is 3.72. The van der Waals surface area contributed by atoms with Crippen molar-refractivity contribution in [1.82, 2.24) is 0 Å². The maximum atomic E-state index is 11.3. The number of ether oxygens (including phenoxy) is 1. The molecule has 0 fully saturated rings. The van der Waals surface area contributed by atoms with Crippen LogP contribution in [0.15, 0.2) is 47.4 Å². The van der Waals surface area contributed by atoms with Gasteiger partial charge in [-0.25, -0.2) is 4.79 Å². The second-order valence-corrected chi connectivity index (χ2v) is 6.50. The van der Waals surface area contributed by atoms with E-state index >= 15 is 0 Å². The number of carboxylic acid groups (broad SMARTS) is 1. The van der Waals surface area contributed by atoms with Gasteiger partial charge in [0.25, 0.3) is 0 Å². The molecular weight excluding hydrogens is 326 g/mol. The highest BCUT2D eigenvalue weighted by Gasteiger charge is 2.29. The second kappa shape index (κ2) is 8.08. The van der Waals surface area contributed by atoms with Crippen LogP contribution in [0, 0.1) is 0 Å². The number of aliphatic carboxylic acids is 1. The highest BCUT2D eigenvalue weighted by molar-refractivity contribution is 7.99. The van der Waals surface area contributed by atoms with Crippen LogP contribution in [-0.4, -0.2) is 29.4 Å². The summed E-state index contributed by atoms with van der Waals surface area (Å²) in [6, 6.07) is 12.7. The van der Waals surface area contributed by atoms with Crippen molar-refractivity contribution < 1.29 is 19.7 Å². The fourth-order valence-corrected chi connectivity index (χ4v) is 3.51. The molecule has 0 aromatic heterocycles. The van der Waals surface area contributed by atoms with E-state index in [0.29, 0.717) is 17.0 Å². The average molecular weight is 347 g/mol. The number of hydrogen-bond donors (Lipinski definition) is 3. The zero-order valence-corrected chi connectivity index (χ0v) is 14.4. The topological polar surface area (TPSA) is 92.8 Å². The number of rotatable bonds is 7. The summed E-state index contributed by atoms with van der Waals surface area (Å²) in [6.07, 6.45) is -0.698. The van der Waals surface area contributed by atoms with Crippen molar-refractivity contribution in [3.8, 4) is 5.75 Å². The Morgan fingerprint density at radius 1 is 1.25 bits per heavy atom. The summed E-state index contributed by atoms with van der Waals surface area (Å²) < 4.78 is 5.12. The number of hydrogen-bond acceptors (Lipinski definition) is 5. The van der Waals surface area contributed by atoms with Gasteiger partial charge in [-0.2, -0.15) is 0 Å². The summed E-state index contributed by atoms with van der Waals surface area (Å²) in [4.78, 5) is 12.1. The van der Waals surface area contributed by atoms with Crippen molar-refractivity contribution in [3.63, 3.8) is 0 Å². The summed E-state index contributed by atoms with van der Waals surface area (Å²) in [5.41, 5.74) is 8.38. The number of carbonyl (C=O) groups is 1. The zero-order chi connectivity index (χ0) is 17.7. The van der Waals surface area contributed by atoms with Gasteiger partial charge in [-0.3, -0.25) is 0 Å². The Bertz CT molecular complexity index is 703. The van der Waals surface area contributed by atoms with E-state index in [-0.39, 0.29) is 0 Å². The van der Waals surface area contributed by atoms with E-state index in [1.165, 1.54) is 11.8 Å². The van der Waals surface area contributed by atoms with Crippen LogP contribution in [0.5, 0.6) is 5.75 Å². The molecule has 0 aliphatic rings. The maximum absolute atomic E-state index is 11.3. The van der Waals surface area contributed by atoms with Crippen LogP contribution in [0.3, 0.4) is 0 Å². The molecule has 5 nitrogen and oxygen atoms in total. The van der Waals surface area contributed by atoms with Crippen molar-refractivity contribution in [3.05, 3.63) is 53.6 Å². The molecule has 0 bridgehead atoms. The number of anilines is 1. The molecule has 2 atom stereocenters. The number of aryl methyl sites for hydroxylation is 1. The molecule has 0 aliphatic heterocycles. The molecule has 0 radical (unpaired) electrons. The normalized spacial score (nSPS) is 13.3. The fraction of sp³-hybridized carbons (Fsp3) is 0.278. The first kappa shape index (κ1) is 18.2. The van der Waals surface area contributed by atoms with Crippen molar-refractivity contribution in [2.75, 3.05) is 12.8 Å². The number of nitrogen functional groups attached to an aromatic ring is 1. The molecule has 2 aromatic carbocycles. The molecule has 0 heterocycles. The summed E-state index contributed by atoms with van der Waals surface area (Å²) in [5, 5.41) is 18.7. The molecule has 6 heteroatoms. The van der Waals surface area contributed by atoms with Crippen molar-refractivity contribution in [2.24, 2.45) is 0 Å². The summed E-state index contributed by atoms with van der Waals surface area (Å²) in [5.74, 6) is -0.603. The molecule has 2 rings (SSSR count). The van der Waals surface area contributed by atoms with Gasteiger partial charge >= 0.3 is 5.97 Å². The molecule has 128 valence electrons. The van der Waals surface area contributed by atoms with Crippen LogP contribution in [-0.2, 0) is 11.2 Å². The minimum absolute atomic E-state index is 0.563. The standard InChI is InChI=1S/C18H21NO4S/c1-3-11-4-9-14(19)15(10-11)24-17(16(20)18(21)22)12-5-7-13(23-2)8-6-12/h4-10,16-17,20H,3,19H2,1-2H3,(H,21,22)/t16-,17+/m1/s1. The molecule has 0 amide bonds.